The van der Waals surface area contributed by atoms with Crippen molar-refractivity contribution in [2.24, 2.45) is 5.73 Å². The number of rotatable bonds is 9. The maximum atomic E-state index is 13.5. The maximum Gasteiger partial charge on any atom is 0.260 e. The Morgan fingerprint density at radius 1 is 1.14 bits per heavy atom. The first-order valence-corrected chi connectivity index (χ1v) is 12.3. The zero-order valence-corrected chi connectivity index (χ0v) is 20.9. The number of anilines is 3. The van der Waals surface area contributed by atoms with Gasteiger partial charge in [-0.3, -0.25) is 14.4 Å². The quantitative estimate of drug-likeness (QED) is 0.404. The molecule has 1 fully saturated rings. The van der Waals surface area contributed by atoms with E-state index in [9.17, 15) is 18.8 Å². The lowest BCUT2D eigenvalue weighted by atomic mass is 10.1. The molecule has 12 heteroatoms. The monoisotopic (exact) mass is 527 g/mol. The zero-order valence-electron chi connectivity index (χ0n) is 20.1. The fourth-order valence-corrected chi connectivity index (χ4v) is 4.75. The number of ketones is 1. The molecule has 0 aliphatic carbocycles. The molecule has 2 amide bonds. The van der Waals surface area contributed by atoms with Crippen LogP contribution in [-0.2, 0) is 14.3 Å². The van der Waals surface area contributed by atoms with Crippen molar-refractivity contribution in [3.05, 3.63) is 64.8 Å². The minimum absolute atomic E-state index is 0.00906. The van der Waals surface area contributed by atoms with Crippen molar-refractivity contribution in [3.63, 3.8) is 0 Å². The smallest absolute Gasteiger partial charge is 0.260 e. The largest absolute Gasteiger partial charge is 0.484 e. The third-order valence-electron chi connectivity index (χ3n) is 5.80. The van der Waals surface area contributed by atoms with Gasteiger partial charge in [0.15, 0.2) is 11.7 Å². The van der Waals surface area contributed by atoms with Gasteiger partial charge in [0.1, 0.15) is 28.3 Å². The van der Waals surface area contributed by atoms with Crippen molar-refractivity contribution in [3.8, 4) is 5.75 Å². The molecule has 2 aromatic carbocycles. The molecule has 1 atom stereocenters. The first-order valence-electron chi connectivity index (χ1n) is 11.5. The molecular formula is C25H26FN5O5S. The third-order valence-corrected chi connectivity index (χ3v) is 6.87. The Kier molecular flexibility index (Phi) is 7.99. The zero-order chi connectivity index (χ0) is 26.5. The lowest BCUT2D eigenvalue weighted by molar-refractivity contribution is -0.137. The average molecular weight is 528 g/mol. The molecule has 2 heterocycles. The van der Waals surface area contributed by atoms with Gasteiger partial charge in [0.2, 0.25) is 11.7 Å². The average Bonchev–Trinajstić information content (AvgIpc) is 3.29. The van der Waals surface area contributed by atoms with Gasteiger partial charge in [0, 0.05) is 24.3 Å². The fraction of sp³-hybridized carbons (Fsp3) is 0.280. The van der Waals surface area contributed by atoms with Crippen molar-refractivity contribution in [1.82, 2.24) is 9.88 Å². The van der Waals surface area contributed by atoms with Gasteiger partial charge < -0.3 is 30.7 Å². The molecule has 0 saturated carbocycles. The Balaban J connectivity index is 1.49. The highest BCUT2D eigenvalue weighted by Gasteiger charge is 2.27. The van der Waals surface area contributed by atoms with Gasteiger partial charge in [0.05, 0.1) is 13.2 Å². The highest BCUT2D eigenvalue weighted by molar-refractivity contribution is 7.18. The molecule has 1 saturated heterocycles. The number of carbonyl (C=O) groups is 3. The molecule has 10 nitrogen and oxygen atoms in total. The molecule has 1 unspecified atom stereocenters. The number of hydrogen-bond donors (Lipinski definition) is 2. The van der Waals surface area contributed by atoms with E-state index in [1.165, 1.54) is 29.2 Å². The van der Waals surface area contributed by atoms with E-state index in [2.05, 4.69) is 4.98 Å². The van der Waals surface area contributed by atoms with Gasteiger partial charge in [-0.1, -0.05) is 11.3 Å². The number of primary amides is 1. The Morgan fingerprint density at radius 2 is 1.78 bits per heavy atom. The number of benzene rings is 2. The van der Waals surface area contributed by atoms with E-state index in [-0.39, 0.29) is 34.1 Å². The number of nitrogen functional groups attached to an aromatic ring is 1. The molecule has 4 rings (SSSR count). The van der Waals surface area contributed by atoms with Gasteiger partial charge >= 0.3 is 0 Å². The standard InChI is InChI=1S/C25H26FN5O5S/c1-15(24(28)34)31(18-6-4-17(26)5-7-18)25-29-23(27)22(37-25)21(33)16-2-8-19(9-3-16)36-14-20(32)30-10-12-35-13-11-30/h2-9,15H,10-14,27H2,1H3,(H2,28,34). The lowest BCUT2D eigenvalue weighted by Crippen LogP contribution is -2.42. The number of morpholine rings is 1. The molecule has 194 valence electrons. The normalized spacial score (nSPS) is 14.2. The molecule has 3 aromatic rings. The lowest BCUT2D eigenvalue weighted by Gasteiger charge is -2.26. The van der Waals surface area contributed by atoms with Crippen molar-refractivity contribution < 1.29 is 28.2 Å². The highest BCUT2D eigenvalue weighted by Crippen LogP contribution is 2.36. The molecule has 1 aliphatic rings. The van der Waals surface area contributed by atoms with E-state index in [4.69, 9.17) is 20.9 Å². The van der Waals surface area contributed by atoms with Crippen LogP contribution in [0.25, 0.3) is 0 Å². The Morgan fingerprint density at radius 3 is 2.41 bits per heavy atom. The van der Waals surface area contributed by atoms with Crippen LogP contribution in [0.15, 0.2) is 48.5 Å². The Bertz CT molecular complexity index is 1280. The second kappa shape index (κ2) is 11.4. The molecule has 0 spiro atoms. The van der Waals surface area contributed by atoms with Crippen LogP contribution >= 0.6 is 11.3 Å². The third kappa shape index (κ3) is 6.04. The van der Waals surface area contributed by atoms with Crippen LogP contribution in [0.3, 0.4) is 0 Å². The summed E-state index contributed by atoms with van der Waals surface area (Å²) in [6.07, 6.45) is 0. The summed E-state index contributed by atoms with van der Waals surface area (Å²) in [7, 11) is 0. The summed E-state index contributed by atoms with van der Waals surface area (Å²) in [5.74, 6) is -1.15. The molecule has 1 aromatic heterocycles. The summed E-state index contributed by atoms with van der Waals surface area (Å²) in [5.41, 5.74) is 12.4. The number of aromatic nitrogens is 1. The summed E-state index contributed by atoms with van der Waals surface area (Å²) in [5, 5.41) is 0.264. The highest BCUT2D eigenvalue weighted by atomic mass is 32.1. The first-order chi connectivity index (χ1) is 17.7. The van der Waals surface area contributed by atoms with E-state index in [1.54, 1.807) is 36.1 Å². The van der Waals surface area contributed by atoms with Crippen LogP contribution in [0.1, 0.15) is 22.2 Å². The molecule has 4 N–H and O–H groups in total. The van der Waals surface area contributed by atoms with Gasteiger partial charge in [0.25, 0.3) is 5.91 Å². The van der Waals surface area contributed by atoms with Crippen molar-refractivity contribution >= 4 is 45.6 Å². The number of halogens is 1. The minimum atomic E-state index is -0.837. The summed E-state index contributed by atoms with van der Waals surface area (Å²) in [6, 6.07) is 11.0. The summed E-state index contributed by atoms with van der Waals surface area (Å²) < 4.78 is 24.3. The van der Waals surface area contributed by atoms with E-state index in [1.807, 2.05) is 0 Å². The first kappa shape index (κ1) is 26.0. The number of ether oxygens (including phenoxy) is 2. The van der Waals surface area contributed by atoms with Gasteiger partial charge in [-0.15, -0.1) is 0 Å². The van der Waals surface area contributed by atoms with Crippen LogP contribution < -0.4 is 21.1 Å². The van der Waals surface area contributed by atoms with Gasteiger partial charge in [-0.2, -0.15) is 0 Å². The van der Waals surface area contributed by atoms with Crippen molar-refractivity contribution in [1.29, 1.82) is 0 Å². The van der Waals surface area contributed by atoms with Crippen molar-refractivity contribution in [2.75, 3.05) is 43.5 Å². The minimum Gasteiger partial charge on any atom is -0.484 e. The fourth-order valence-electron chi connectivity index (χ4n) is 3.70. The number of carbonyl (C=O) groups excluding carboxylic acids is 3. The van der Waals surface area contributed by atoms with Crippen LogP contribution in [0.5, 0.6) is 5.75 Å². The SMILES string of the molecule is CC(C(N)=O)N(c1ccc(F)cc1)c1nc(N)c(C(=O)c2ccc(OCC(=O)N3CCOCC3)cc2)s1. The Labute approximate surface area is 216 Å². The Hall–Kier alpha value is -4.03. The predicted molar refractivity (Wildman–Crippen MR) is 136 cm³/mol. The van der Waals surface area contributed by atoms with E-state index in [0.29, 0.717) is 43.3 Å². The number of hydrogen-bond acceptors (Lipinski definition) is 9. The molecule has 37 heavy (non-hydrogen) atoms. The number of nitrogens with two attached hydrogens (primary N) is 2. The van der Waals surface area contributed by atoms with E-state index in [0.717, 1.165) is 11.3 Å². The maximum absolute atomic E-state index is 13.5. The summed E-state index contributed by atoms with van der Waals surface area (Å²) >= 11 is 0.997. The molecule has 0 radical (unpaired) electrons. The number of nitrogens with zero attached hydrogens (tertiary/aromatic N) is 3. The topological polar surface area (TPSA) is 141 Å². The van der Waals surface area contributed by atoms with E-state index < -0.39 is 17.8 Å². The second-order valence-electron chi connectivity index (χ2n) is 8.27. The predicted octanol–water partition coefficient (Wildman–Crippen LogP) is 2.34. The second-order valence-corrected chi connectivity index (χ2v) is 9.25. The van der Waals surface area contributed by atoms with Crippen LogP contribution in [0.2, 0.25) is 0 Å². The molecular weight excluding hydrogens is 501 g/mol. The van der Waals surface area contributed by atoms with Crippen molar-refractivity contribution in [2.45, 2.75) is 13.0 Å². The van der Waals surface area contributed by atoms with Crippen LogP contribution in [0, 0.1) is 5.82 Å². The molecule has 0 bridgehead atoms. The number of thiazole rings is 1. The number of amides is 2. The summed E-state index contributed by atoms with van der Waals surface area (Å²) in [4.78, 5) is 45.1. The van der Waals surface area contributed by atoms with Crippen LogP contribution in [0.4, 0.5) is 21.0 Å². The van der Waals surface area contributed by atoms with Crippen LogP contribution in [-0.4, -0.2) is 66.4 Å². The van der Waals surface area contributed by atoms with Gasteiger partial charge in [-0.25, -0.2) is 9.37 Å². The van der Waals surface area contributed by atoms with Gasteiger partial charge in [-0.05, 0) is 55.5 Å². The summed E-state index contributed by atoms with van der Waals surface area (Å²) in [6.45, 7) is 3.54. The van der Waals surface area contributed by atoms with E-state index >= 15 is 0 Å². The molecule has 1 aliphatic heterocycles.